The fraction of sp³-hybridized carbons (Fsp3) is 0.812. The van der Waals surface area contributed by atoms with Gasteiger partial charge in [0, 0.05) is 6.61 Å². The quantitative estimate of drug-likeness (QED) is 0.633. The van der Waals surface area contributed by atoms with Crippen molar-refractivity contribution in [2.24, 2.45) is 5.73 Å². The summed E-state index contributed by atoms with van der Waals surface area (Å²) >= 11 is 0. The molecule has 1 fully saturated rings. The van der Waals surface area contributed by atoms with Crippen LogP contribution < -0.4 is 11.1 Å². The van der Waals surface area contributed by atoms with Crippen LogP contribution in [0, 0.1) is 0 Å². The van der Waals surface area contributed by atoms with E-state index in [1.165, 1.54) is 4.90 Å². The van der Waals surface area contributed by atoms with Crippen molar-refractivity contribution in [3.8, 4) is 0 Å². The predicted octanol–water partition coefficient (Wildman–Crippen LogP) is 0.784. The molecule has 1 saturated heterocycles. The molecule has 3 amide bonds. The molecule has 0 saturated carbocycles. The number of likely N-dealkylation sites (tertiary alicyclic amines) is 1. The molecule has 3 N–H and O–H groups in total. The minimum absolute atomic E-state index is 0.00117. The number of carbonyl (C=O) groups is 3. The Hall–Kier alpha value is -1.83. The van der Waals surface area contributed by atoms with Crippen LogP contribution in [0.15, 0.2) is 0 Å². The minimum Gasteiger partial charge on any atom is -0.444 e. The molecule has 138 valence electrons. The van der Waals surface area contributed by atoms with E-state index in [9.17, 15) is 14.4 Å². The molecule has 1 aliphatic heterocycles. The zero-order chi connectivity index (χ0) is 18.4. The number of unbranched alkanes of at least 4 members (excludes halogenated alkanes) is 2. The molecule has 0 radical (unpaired) electrons. The highest BCUT2D eigenvalue weighted by Gasteiger charge is 2.52. The van der Waals surface area contributed by atoms with Crippen molar-refractivity contribution in [2.75, 3.05) is 26.3 Å². The number of nitrogens with one attached hydrogen (secondary N) is 1. The van der Waals surface area contributed by atoms with Gasteiger partial charge in [-0.3, -0.25) is 9.59 Å². The smallest absolute Gasteiger partial charge is 0.410 e. The zero-order valence-electron chi connectivity index (χ0n) is 15.0. The van der Waals surface area contributed by atoms with E-state index in [1.54, 1.807) is 20.8 Å². The molecular weight excluding hydrogens is 314 g/mol. The monoisotopic (exact) mass is 343 g/mol. The number of primary amides is 1. The number of ether oxygens (including phenoxy) is 2. The maximum Gasteiger partial charge on any atom is 0.410 e. The van der Waals surface area contributed by atoms with Gasteiger partial charge in [-0.2, -0.15) is 0 Å². The maximum atomic E-state index is 11.9. The summed E-state index contributed by atoms with van der Waals surface area (Å²) in [7, 11) is 0. The fourth-order valence-electron chi connectivity index (χ4n) is 2.28. The SMILES string of the molecule is CCCCCOCC(=O)NC1(C(N)=O)CN(C(=O)OC(C)(C)C)C1. The van der Waals surface area contributed by atoms with Gasteiger partial charge in [0.1, 0.15) is 12.2 Å². The molecule has 8 nitrogen and oxygen atoms in total. The van der Waals surface area contributed by atoms with Crippen molar-refractivity contribution in [1.29, 1.82) is 0 Å². The lowest BCUT2D eigenvalue weighted by molar-refractivity contribution is -0.140. The first kappa shape index (κ1) is 20.2. The molecule has 0 bridgehead atoms. The number of hydrogen-bond donors (Lipinski definition) is 2. The van der Waals surface area contributed by atoms with Gasteiger partial charge in [-0.1, -0.05) is 19.8 Å². The first-order valence-electron chi connectivity index (χ1n) is 8.26. The van der Waals surface area contributed by atoms with Crippen LogP contribution in [0.4, 0.5) is 4.79 Å². The van der Waals surface area contributed by atoms with Crippen LogP contribution in [0.1, 0.15) is 47.0 Å². The lowest BCUT2D eigenvalue weighted by atomic mass is 9.89. The van der Waals surface area contributed by atoms with Crippen molar-refractivity contribution >= 4 is 17.9 Å². The highest BCUT2D eigenvalue weighted by Crippen LogP contribution is 2.23. The fourth-order valence-corrected chi connectivity index (χ4v) is 2.28. The van der Waals surface area contributed by atoms with E-state index in [0.29, 0.717) is 6.61 Å². The Bertz CT molecular complexity index is 467. The minimum atomic E-state index is -1.25. The number of carbonyl (C=O) groups excluding carboxylic acids is 3. The van der Waals surface area contributed by atoms with Gasteiger partial charge in [-0.05, 0) is 27.2 Å². The summed E-state index contributed by atoms with van der Waals surface area (Å²) in [5.74, 6) is -1.10. The average Bonchev–Trinajstić information content (AvgIpc) is 2.39. The Morgan fingerprint density at radius 2 is 1.83 bits per heavy atom. The van der Waals surface area contributed by atoms with Crippen LogP contribution in [0.5, 0.6) is 0 Å². The molecule has 0 unspecified atom stereocenters. The van der Waals surface area contributed by atoms with Crippen LogP contribution in [-0.2, 0) is 19.1 Å². The summed E-state index contributed by atoms with van der Waals surface area (Å²) in [5, 5.41) is 2.58. The highest BCUT2D eigenvalue weighted by atomic mass is 16.6. The van der Waals surface area contributed by atoms with Crippen LogP contribution in [0.2, 0.25) is 0 Å². The van der Waals surface area contributed by atoms with Gasteiger partial charge >= 0.3 is 6.09 Å². The second-order valence-electron chi connectivity index (χ2n) is 7.09. The van der Waals surface area contributed by atoms with E-state index in [1.807, 2.05) is 0 Å². The first-order valence-corrected chi connectivity index (χ1v) is 8.26. The number of rotatable bonds is 8. The largest absolute Gasteiger partial charge is 0.444 e. The molecule has 0 aromatic carbocycles. The third-order valence-electron chi connectivity index (χ3n) is 3.55. The van der Waals surface area contributed by atoms with E-state index in [4.69, 9.17) is 15.2 Å². The first-order chi connectivity index (χ1) is 11.1. The number of nitrogens with two attached hydrogens (primary N) is 1. The van der Waals surface area contributed by atoms with Gasteiger partial charge in [-0.25, -0.2) is 4.79 Å². The van der Waals surface area contributed by atoms with Gasteiger partial charge < -0.3 is 25.4 Å². The van der Waals surface area contributed by atoms with Gasteiger partial charge in [0.15, 0.2) is 5.54 Å². The van der Waals surface area contributed by atoms with Crippen LogP contribution in [0.25, 0.3) is 0 Å². The van der Waals surface area contributed by atoms with E-state index in [-0.39, 0.29) is 19.7 Å². The summed E-state index contributed by atoms with van der Waals surface area (Å²) in [4.78, 5) is 36.9. The van der Waals surface area contributed by atoms with E-state index in [2.05, 4.69) is 12.2 Å². The third-order valence-corrected chi connectivity index (χ3v) is 3.55. The van der Waals surface area contributed by atoms with Gasteiger partial charge in [-0.15, -0.1) is 0 Å². The maximum absolute atomic E-state index is 11.9. The Morgan fingerprint density at radius 1 is 1.21 bits per heavy atom. The Balaban J connectivity index is 2.45. The Labute approximate surface area is 143 Å². The van der Waals surface area contributed by atoms with Crippen molar-refractivity contribution in [1.82, 2.24) is 10.2 Å². The molecule has 0 aromatic rings. The summed E-state index contributed by atoms with van der Waals surface area (Å²) in [5.41, 5.74) is 3.52. The van der Waals surface area contributed by atoms with Crippen molar-refractivity contribution in [3.05, 3.63) is 0 Å². The second-order valence-corrected chi connectivity index (χ2v) is 7.09. The lowest BCUT2D eigenvalue weighted by Crippen LogP contribution is -2.77. The molecule has 8 heteroatoms. The summed E-state index contributed by atoms with van der Waals surface area (Å²) in [6.45, 7) is 7.70. The Kier molecular flexibility index (Phi) is 7.01. The molecular formula is C16H29N3O5. The van der Waals surface area contributed by atoms with Crippen molar-refractivity contribution in [2.45, 2.75) is 58.1 Å². The number of amides is 3. The normalized spacial score (nSPS) is 16.2. The lowest BCUT2D eigenvalue weighted by Gasteiger charge is -2.47. The zero-order valence-corrected chi connectivity index (χ0v) is 15.0. The van der Waals surface area contributed by atoms with E-state index < -0.39 is 29.0 Å². The molecule has 0 aromatic heterocycles. The number of nitrogens with zero attached hydrogens (tertiary/aromatic N) is 1. The summed E-state index contributed by atoms with van der Waals surface area (Å²) in [6, 6.07) is 0. The van der Waals surface area contributed by atoms with E-state index >= 15 is 0 Å². The molecule has 0 spiro atoms. The van der Waals surface area contributed by atoms with Gasteiger partial charge in [0.25, 0.3) is 0 Å². The molecule has 24 heavy (non-hydrogen) atoms. The predicted molar refractivity (Wildman–Crippen MR) is 88.2 cm³/mol. The van der Waals surface area contributed by atoms with Crippen LogP contribution in [-0.4, -0.2) is 60.3 Å². The molecule has 0 aliphatic carbocycles. The van der Waals surface area contributed by atoms with Gasteiger partial charge in [0.2, 0.25) is 11.8 Å². The average molecular weight is 343 g/mol. The summed E-state index contributed by atoms with van der Waals surface area (Å²) < 4.78 is 10.5. The Morgan fingerprint density at radius 3 is 2.33 bits per heavy atom. The molecule has 1 aliphatic rings. The van der Waals surface area contributed by atoms with E-state index in [0.717, 1.165) is 19.3 Å². The topological polar surface area (TPSA) is 111 Å². The van der Waals surface area contributed by atoms with Crippen LogP contribution in [0.3, 0.4) is 0 Å². The molecule has 1 rings (SSSR count). The third kappa shape index (κ3) is 5.99. The number of hydrogen-bond acceptors (Lipinski definition) is 5. The van der Waals surface area contributed by atoms with Crippen molar-refractivity contribution < 1.29 is 23.9 Å². The standard InChI is InChI=1S/C16H29N3O5/c1-5-6-7-8-23-9-12(20)18-16(13(17)21)10-19(11-16)14(22)24-15(2,3)4/h5-11H2,1-4H3,(H2,17,21)(H,18,20). The van der Waals surface area contributed by atoms with Gasteiger partial charge in [0.05, 0.1) is 13.1 Å². The molecule has 1 heterocycles. The summed E-state index contributed by atoms with van der Waals surface area (Å²) in [6.07, 6.45) is 2.46. The second kappa shape index (κ2) is 8.32. The molecule has 0 atom stereocenters. The highest BCUT2D eigenvalue weighted by molar-refractivity contribution is 5.93. The van der Waals surface area contributed by atoms with Crippen LogP contribution >= 0.6 is 0 Å². The van der Waals surface area contributed by atoms with Crippen molar-refractivity contribution in [3.63, 3.8) is 0 Å².